The van der Waals surface area contributed by atoms with Crippen LogP contribution in [0.25, 0.3) is 6.08 Å². The molecule has 3 aliphatic rings. The van der Waals surface area contributed by atoms with E-state index in [4.69, 9.17) is 18.9 Å². The number of ether oxygens (including phenoxy) is 4. The number of hydrogen-bond donors (Lipinski definition) is 4. The Morgan fingerprint density at radius 2 is 1.71 bits per heavy atom. The molecular formula is C41H51N3O11. The lowest BCUT2D eigenvalue weighted by Crippen LogP contribution is -2.55. The summed E-state index contributed by atoms with van der Waals surface area (Å²) in [5.41, 5.74) is 2.40. The molecule has 55 heavy (non-hydrogen) atoms. The number of benzene rings is 2. The summed E-state index contributed by atoms with van der Waals surface area (Å²) in [4.78, 5) is 66.6. The predicted octanol–water partition coefficient (Wildman–Crippen LogP) is 2.39. The molecule has 0 aromatic heterocycles. The van der Waals surface area contributed by atoms with E-state index < -0.39 is 78.2 Å². The first kappa shape index (κ1) is 41.3. The van der Waals surface area contributed by atoms with Gasteiger partial charge in [0.25, 0.3) is 0 Å². The highest BCUT2D eigenvalue weighted by molar-refractivity contribution is 5.98. The lowest BCUT2D eigenvalue weighted by atomic mass is 9.91. The molecule has 0 radical (unpaired) electrons. The minimum atomic E-state index is -1.44. The van der Waals surface area contributed by atoms with E-state index in [2.05, 4.69) is 10.6 Å². The molecule has 0 bridgehead atoms. The Bertz CT molecular complexity index is 1800. The largest absolute Gasteiger partial charge is 0.460 e. The summed E-state index contributed by atoms with van der Waals surface area (Å²) < 4.78 is 24.5. The molecule has 6 atom stereocenters. The molecule has 14 nitrogen and oxygen atoms in total. The normalized spacial score (nSPS) is 21.5. The fourth-order valence-electron chi connectivity index (χ4n) is 6.78. The molecule has 1 spiro atoms. The molecule has 1 fully saturated rings. The van der Waals surface area contributed by atoms with E-state index in [1.807, 2.05) is 24.3 Å². The van der Waals surface area contributed by atoms with Gasteiger partial charge in [0.2, 0.25) is 17.7 Å². The van der Waals surface area contributed by atoms with Crippen molar-refractivity contribution < 1.29 is 53.1 Å². The van der Waals surface area contributed by atoms with Crippen LogP contribution in [-0.4, -0.2) is 113 Å². The number of carbonyl (C=O) groups is 5. The van der Waals surface area contributed by atoms with Crippen molar-refractivity contribution in [2.75, 3.05) is 20.7 Å². The van der Waals surface area contributed by atoms with Crippen molar-refractivity contribution in [3.63, 3.8) is 0 Å². The lowest BCUT2D eigenvalue weighted by Gasteiger charge is -2.31. The van der Waals surface area contributed by atoms with E-state index >= 15 is 0 Å². The molecule has 14 heteroatoms. The van der Waals surface area contributed by atoms with Gasteiger partial charge < -0.3 is 44.7 Å². The standard InChI is InChI=1S/C41H51N3O11/c1-24(46)35(38(50)42-30(23-45)15-17-34(48)54-40(2,3)4)43-37(49)29-19-31(52-39(51)26-13-9-10-25(18-26)14-16-33(47)44(5)6)36-32(20-29)53-41(55-36)21-27-11-7-8-12-28(27)22-41/h7-14,16,18,20,24,30-32,35-36,45-46H,15,17,19,21-23H2,1-6H3,(H,42,50)(H,43,49)/t24-,30-,31+,32+,35+,36-/m0/s1. The van der Waals surface area contributed by atoms with Crippen molar-refractivity contribution in [3.05, 3.63) is 88.5 Å². The van der Waals surface area contributed by atoms with Crippen molar-refractivity contribution in [2.24, 2.45) is 0 Å². The van der Waals surface area contributed by atoms with E-state index in [0.29, 0.717) is 18.4 Å². The van der Waals surface area contributed by atoms with Crippen molar-refractivity contribution in [2.45, 2.75) is 108 Å². The zero-order valence-corrected chi connectivity index (χ0v) is 32.1. The fraction of sp³-hybridized carbons (Fsp3) is 0.488. The number of likely N-dealkylation sites (N-methyl/N-ethyl adjacent to an activating group) is 1. The maximum Gasteiger partial charge on any atom is 0.338 e. The Balaban J connectivity index is 1.33. The molecule has 2 aromatic carbocycles. The van der Waals surface area contributed by atoms with Crippen LogP contribution in [-0.2, 0) is 51.0 Å². The second-order valence-corrected chi connectivity index (χ2v) is 15.4. The van der Waals surface area contributed by atoms with Crippen LogP contribution >= 0.6 is 0 Å². The Kier molecular flexibility index (Phi) is 13.0. The molecule has 2 aliphatic carbocycles. The molecule has 3 amide bonds. The van der Waals surface area contributed by atoms with Gasteiger partial charge in [-0.05, 0) is 75.1 Å². The quantitative estimate of drug-likeness (QED) is 0.173. The predicted molar refractivity (Wildman–Crippen MR) is 200 cm³/mol. The first-order valence-electron chi connectivity index (χ1n) is 18.4. The summed E-state index contributed by atoms with van der Waals surface area (Å²) in [5, 5.41) is 25.7. The van der Waals surface area contributed by atoms with Crippen molar-refractivity contribution >= 4 is 35.7 Å². The van der Waals surface area contributed by atoms with E-state index in [1.165, 1.54) is 17.9 Å². The van der Waals surface area contributed by atoms with E-state index in [9.17, 15) is 34.2 Å². The lowest BCUT2D eigenvalue weighted by molar-refractivity contribution is -0.172. The number of nitrogens with zero attached hydrogens (tertiary/aromatic N) is 1. The zero-order chi connectivity index (χ0) is 40.1. The first-order chi connectivity index (χ1) is 26.0. The highest BCUT2D eigenvalue weighted by Gasteiger charge is 2.55. The summed E-state index contributed by atoms with van der Waals surface area (Å²) in [6.07, 6.45) is 1.51. The molecule has 0 unspecified atom stereocenters. The summed E-state index contributed by atoms with van der Waals surface area (Å²) in [5.74, 6) is -3.92. The summed E-state index contributed by atoms with van der Waals surface area (Å²) in [6, 6.07) is 12.2. The topological polar surface area (TPSA) is 190 Å². The average Bonchev–Trinajstić information content (AvgIpc) is 3.68. The highest BCUT2D eigenvalue weighted by Crippen LogP contribution is 2.45. The number of aliphatic hydroxyl groups is 2. The number of nitrogens with one attached hydrogen (secondary N) is 2. The van der Waals surface area contributed by atoms with Gasteiger partial charge in [0.1, 0.15) is 30.0 Å². The van der Waals surface area contributed by atoms with Crippen LogP contribution in [0.5, 0.6) is 0 Å². The van der Waals surface area contributed by atoms with E-state index in [0.717, 1.165) is 11.1 Å². The average molecular weight is 762 g/mol. The number of rotatable bonds is 13. The van der Waals surface area contributed by atoms with Crippen LogP contribution in [0.1, 0.15) is 74.0 Å². The van der Waals surface area contributed by atoms with Gasteiger partial charge in [0.05, 0.1) is 24.3 Å². The first-order valence-corrected chi connectivity index (χ1v) is 18.4. The second kappa shape index (κ2) is 17.3. The molecule has 1 heterocycles. The van der Waals surface area contributed by atoms with Gasteiger partial charge in [-0.15, -0.1) is 0 Å². The van der Waals surface area contributed by atoms with Gasteiger partial charge in [-0.3, -0.25) is 19.2 Å². The molecule has 1 aliphatic heterocycles. The van der Waals surface area contributed by atoms with Crippen LogP contribution < -0.4 is 10.6 Å². The third kappa shape index (κ3) is 10.7. The SMILES string of the molecule is C[C@H](O)[C@@H](NC(=O)C1=C[C@H]2OC3(Cc4ccccc4C3)O[C@H]2[C@H](OC(=O)c2cccc(C=CC(=O)N(C)C)c2)C1)C(=O)N[C@H](CO)CCC(=O)OC(C)(C)C. The Hall–Kier alpha value is -4.89. The summed E-state index contributed by atoms with van der Waals surface area (Å²) >= 11 is 0. The van der Waals surface area contributed by atoms with Crippen LogP contribution in [0, 0.1) is 0 Å². The van der Waals surface area contributed by atoms with Crippen molar-refractivity contribution in [3.8, 4) is 0 Å². The molecule has 296 valence electrons. The molecular weight excluding hydrogens is 710 g/mol. The van der Waals surface area contributed by atoms with Crippen LogP contribution in [0.4, 0.5) is 0 Å². The molecule has 1 saturated heterocycles. The van der Waals surface area contributed by atoms with Gasteiger partial charge in [0.15, 0.2) is 5.79 Å². The number of esters is 2. The fourth-order valence-corrected chi connectivity index (χ4v) is 6.78. The summed E-state index contributed by atoms with van der Waals surface area (Å²) in [7, 11) is 3.26. The maximum absolute atomic E-state index is 13.9. The number of fused-ring (bicyclic) bond motifs is 2. The van der Waals surface area contributed by atoms with Crippen molar-refractivity contribution in [1.82, 2.24) is 15.5 Å². The Labute approximate surface area is 320 Å². The molecule has 4 N–H and O–H groups in total. The molecule has 0 saturated carbocycles. The van der Waals surface area contributed by atoms with Gasteiger partial charge in [-0.2, -0.15) is 0 Å². The zero-order valence-electron chi connectivity index (χ0n) is 32.1. The van der Waals surface area contributed by atoms with Gasteiger partial charge in [-0.1, -0.05) is 36.4 Å². The van der Waals surface area contributed by atoms with Crippen LogP contribution in [0.3, 0.4) is 0 Å². The third-order valence-electron chi connectivity index (χ3n) is 9.48. The van der Waals surface area contributed by atoms with E-state index in [-0.39, 0.29) is 36.3 Å². The number of amides is 3. The Morgan fingerprint density at radius 1 is 1.02 bits per heavy atom. The van der Waals surface area contributed by atoms with Gasteiger partial charge in [-0.25, -0.2) is 4.79 Å². The van der Waals surface area contributed by atoms with Gasteiger partial charge >= 0.3 is 11.9 Å². The minimum absolute atomic E-state index is 0.0647. The second-order valence-electron chi connectivity index (χ2n) is 15.4. The maximum atomic E-state index is 13.9. The molecule has 5 rings (SSSR count). The van der Waals surface area contributed by atoms with Crippen LogP contribution in [0.15, 0.2) is 66.3 Å². The molecule has 2 aromatic rings. The number of hydrogen-bond acceptors (Lipinski definition) is 11. The minimum Gasteiger partial charge on any atom is -0.460 e. The van der Waals surface area contributed by atoms with Gasteiger partial charge in [0, 0.05) is 51.4 Å². The van der Waals surface area contributed by atoms with Crippen LogP contribution in [0.2, 0.25) is 0 Å². The Morgan fingerprint density at radius 3 is 2.33 bits per heavy atom. The number of aliphatic hydroxyl groups excluding tert-OH is 2. The van der Waals surface area contributed by atoms with E-state index in [1.54, 1.807) is 71.3 Å². The summed E-state index contributed by atoms with van der Waals surface area (Å²) in [6.45, 7) is 6.03. The number of carbonyl (C=O) groups excluding carboxylic acids is 5. The van der Waals surface area contributed by atoms with Crippen molar-refractivity contribution in [1.29, 1.82) is 0 Å². The smallest absolute Gasteiger partial charge is 0.338 e. The monoisotopic (exact) mass is 761 g/mol. The highest BCUT2D eigenvalue weighted by atomic mass is 16.8. The third-order valence-corrected chi connectivity index (χ3v) is 9.48.